The molecule has 0 aliphatic carbocycles. The molecule has 0 aliphatic rings. The Kier molecular flexibility index (Phi) is 3.61. The summed E-state index contributed by atoms with van der Waals surface area (Å²) >= 11 is 0. The summed E-state index contributed by atoms with van der Waals surface area (Å²) in [5.74, 6) is -0.330. The first-order chi connectivity index (χ1) is 9.06. The summed E-state index contributed by atoms with van der Waals surface area (Å²) in [4.78, 5) is 36.2. The molecular formula is C13H13N3O3. The third-order valence-electron chi connectivity index (χ3n) is 2.63. The van der Waals surface area contributed by atoms with Crippen molar-refractivity contribution in [1.82, 2.24) is 9.55 Å². The number of hydrogen-bond donors (Lipinski definition) is 2. The van der Waals surface area contributed by atoms with Gasteiger partial charge in [-0.25, -0.2) is 4.79 Å². The molecule has 6 heteroatoms. The van der Waals surface area contributed by atoms with E-state index in [1.54, 1.807) is 6.07 Å². The number of aryl methyl sites for hydroxylation is 1. The first-order valence-corrected chi connectivity index (χ1v) is 5.71. The molecule has 1 amide bonds. The van der Waals surface area contributed by atoms with E-state index >= 15 is 0 Å². The number of aromatic nitrogens is 2. The van der Waals surface area contributed by atoms with Gasteiger partial charge in [0.25, 0.3) is 5.56 Å². The van der Waals surface area contributed by atoms with Gasteiger partial charge in [0.15, 0.2) is 0 Å². The Morgan fingerprint density at radius 3 is 2.68 bits per heavy atom. The number of para-hydroxylation sites is 1. The molecule has 0 radical (unpaired) electrons. The molecule has 98 valence electrons. The van der Waals surface area contributed by atoms with Crippen molar-refractivity contribution in [3.05, 3.63) is 62.9 Å². The second kappa shape index (κ2) is 5.34. The number of anilines is 1. The second-order valence-corrected chi connectivity index (χ2v) is 4.10. The fourth-order valence-electron chi connectivity index (χ4n) is 1.63. The van der Waals surface area contributed by atoms with Gasteiger partial charge in [0.05, 0.1) is 0 Å². The van der Waals surface area contributed by atoms with Gasteiger partial charge in [0, 0.05) is 18.0 Å². The number of nitrogens with zero attached hydrogens (tertiary/aromatic N) is 1. The molecule has 0 saturated carbocycles. The summed E-state index contributed by atoms with van der Waals surface area (Å²) in [6, 6.07) is 8.54. The molecule has 0 unspecified atom stereocenters. The molecule has 1 aromatic heterocycles. The van der Waals surface area contributed by atoms with E-state index in [1.807, 2.05) is 25.1 Å². The molecule has 0 spiro atoms. The summed E-state index contributed by atoms with van der Waals surface area (Å²) in [6.45, 7) is 1.73. The van der Waals surface area contributed by atoms with Gasteiger partial charge in [-0.1, -0.05) is 18.2 Å². The van der Waals surface area contributed by atoms with Crippen LogP contribution in [0.25, 0.3) is 0 Å². The van der Waals surface area contributed by atoms with Crippen LogP contribution in [-0.4, -0.2) is 15.5 Å². The molecule has 0 saturated heterocycles. The number of aromatic amines is 1. The number of carbonyl (C=O) groups is 1. The highest BCUT2D eigenvalue weighted by Crippen LogP contribution is 2.12. The lowest BCUT2D eigenvalue weighted by atomic mass is 10.2. The summed E-state index contributed by atoms with van der Waals surface area (Å²) in [5.41, 5.74) is 0.544. The van der Waals surface area contributed by atoms with Crippen LogP contribution in [0.2, 0.25) is 0 Å². The quantitative estimate of drug-likeness (QED) is 0.841. The van der Waals surface area contributed by atoms with Gasteiger partial charge >= 0.3 is 5.69 Å². The number of hydrogen-bond acceptors (Lipinski definition) is 3. The Labute approximate surface area is 108 Å². The van der Waals surface area contributed by atoms with Crippen LogP contribution in [0.3, 0.4) is 0 Å². The predicted molar refractivity (Wildman–Crippen MR) is 71.1 cm³/mol. The first-order valence-electron chi connectivity index (χ1n) is 5.71. The Morgan fingerprint density at radius 1 is 1.26 bits per heavy atom. The van der Waals surface area contributed by atoms with Crippen molar-refractivity contribution in [2.24, 2.45) is 0 Å². The number of benzene rings is 1. The van der Waals surface area contributed by atoms with Gasteiger partial charge in [-0.3, -0.25) is 19.1 Å². The molecule has 2 N–H and O–H groups in total. The van der Waals surface area contributed by atoms with E-state index in [0.717, 1.165) is 10.1 Å². The number of carbonyl (C=O) groups excluding carboxylic acids is 1. The molecule has 2 rings (SSSR count). The van der Waals surface area contributed by atoms with Crippen molar-refractivity contribution in [2.45, 2.75) is 13.5 Å². The molecule has 0 fully saturated rings. The Bertz CT molecular complexity index is 715. The molecule has 19 heavy (non-hydrogen) atoms. The summed E-state index contributed by atoms with van der Waals surface area (Å²) in [6.07, 6.45) is 1.29. The molecular weight excluding hydrogens is 246 g/mol. The first kappa shape index (κ1) is 12.8. The van der Waals surface area contributed by atoms with Gasteiger partial charge in [0.2, 0.25) is 5.91 Å². The van der Waals surface area contributed by atoms with Crippen molar-refractivity contribution in [1.29, 1.82) is 0 Å². The number of amides is 1. The number of rotatable bonds is 3. The fraction of sp³-hybridized carbons (Fsp3) is 0.154. The Hall–Kier alpha value is -2.63. The Morgan fingerprint density at radius 2 is 2.00 bits per heavy atom. The highest BCUT2D eigenvalue weighted by Gasteiger charge is 2.06. The molecule has 0 aliphatic heterocycles. The van der Waals surface area contributed by atoms with E-state index in [-0.39, 0.29) is 12.5 Å². The normalized spacial score (nSPS) is 10.2. The average Bonchev–Trinajstić information content (AvgIpc) is 2.36. The van der Waals surface area contributed by atoms with Crippen LogP contribution >= 0.6 is 0 Å². The fourth-order valence-corrected chi connectivity index (χ4v) is 1.63. The zero-order chi connectivity index (χ0) is 13.8. The van der Waals surface area contributed by atoms with Gasteiger partial charge in [-0.05, 0) is 18.6 Å². The lowest BCUT2D eigenvalue weighted by molar-refractivity contribution is -0.116. The van der Waals surface area contributed by atoms with Gasteiger partial charge in [-0.15, -0.1) is 0 Å². The topological polar surface area (TPSA) is 84.0 Å². The average molecular weight is 259 g/mol. The van der Waals surface area contributed by atoms with E-state index in [4.69, 9.17) is 0 Å². The molecule has 0 atom stereocenters. The third-order valence-corrected chi connectivity index (χ3v) is 2.63. The molecule has 0 bridgehead atoms. The lowest BCUT2D eigenvalue weighted by Gasteiger charge is -2.08. The number of H-pyrrole nitrogens is 1. The summed E-state index contributed by atoms with van der Waals surface area (Å²) < 4.78 is 1.13. The van der Waals surface area contributed by atoms with Gasteiger partial charge in [-0.2, -0.15) is 0 Å². The van der Waals surface area contributed by atoms with Crippen LogP contribution in [0.1, 0.15) is 5.56 Å². The maximum absolute atomic E-state index is 11.8. The largest absolute Gasteiger partial charge is 0.328 e. The summed E-state index contributed by atoms with van der Waals surface area (Å²) in [5, 5.41) is 2.71. The van der Waals surface area contributed by atoms with E-state index in [0.29, 0.717) is 5.69 Å². The van der Waals surface area contributed by atoms with Crippen molar-refractivity contribution in [3.8, 4) is 0 Å². The van der Waals surface area contributed by atoms with Crippen LogP contribution in [-0.2, 0) is 11.3 Å². The predicted octanol–water partition coefficient (Wildman–Crippen LogP) is 0.484. The van der Waals surface area contributed by atoms with Crippen LogP contribution in [0.15, 0.2) is 46.1 Å². The van der Waals surface area contributed by atoms with E-state index in [1.165, 1.54) is 12.3 Å². The monoisotopic (exact) mass is 259 g/mol. The minimum Gasteiger partial charge on any atom is -0.324 e. The zero-order valence-corrected chi connectivity index (χ0v) is 10.3. The van der Waals surface area contributed by atoms with Crippen LogP contribution in [0.4, 0.5) is 5.69 Å². The second-order valence-electron chi connectivity index (χ2n) is 4.10. The van der Waals surface area contributed by atoms with Crippen LogP contribution in [0.5, 0.6) is 0 Å². The highest BCUT2D eigenvalue weighted by atomic mass is 16.2. The molecule has 1 aromatic carbocycles. The van der Waals surface area contributed by atoms with Crippen LogP contribution < -0.4 is 16.6 Å². The molecule has 1 heterocycles. The zero-order valence-electron chi connectivity index (χ0n) is 10.3. The van der Waals surface area contributed by atoms with Crippen molar-refractivity contribution >= 4 is 11.6 Å². The lowest BCUT2D eigenvalue weighted by Crippen LogP contribution is -2.32. The SMILES string of the molecule is Cc1ccccc1NC(=O)Cn1ccc(=O)[nH]c1=O. The highest BCUT2D eigenvalue weighted by molar-refractivity contribution is 5.91. The van der Waals surface area contributed by atoms with Gasteiger partial charge in [0.1, 0.15) is 6.54 Å². The number of nitrogens with one attached hydrogen (secondary N) is 2. The maximum Gasteiger partial charge on any atom is 0.328 e. The van der Waals surface area contributed by atoms with E-state index in [9.17, 15) is 14.4 Å². The van der Waals surface area contributed by atoms with Crippen molar-refractivity contribution < 1.29 is 4.79 Å². The minimum atomic E-state index is -0.604. The van der Waals surface area contributed by atoms with Crippen molar-refractivity contribution in [2.75, 3.05) is 5.32 Å². The smallest absolute Gasteiger partial charge is 0.324 e. The molecule has 2 aromatic rings. The molecule has 6 nitrogen and oxygen atoms in total. The third kappa shape index (κ3) is 3.19. The van der Waals surface area contributed by atoms with E-state index in [2.05, 4.69) is 10.3 Å². The maximum atomic E-state index is 11.8. The minimum absolute atomic E-state index is 0.149. The Balaban J connectivity index is 2.12. The van der Waals surface area contributed by atoms with Crippen molar-refractivity contribution in [3.63, 3.8) is 0 Å². The van der Waals surface area contributed by atoms with Crippen LogP contribution in [0, 0.1) is 6.92 Å². The van der Waals surface area contributed by atoms with E-state index < -0.39 is 11.2 Å². The van der Waals surface area contributed by atoms with Gasteiger partial charge < -0.3 is 5.32 Å². The summed E-state index contributed by atoms with van der Waals surface area (Å²) in [7, 11) is 0. The standard InChI is InChI=1S/C13H13N3O3/c1-9-4-2-3-5-10(9)14-12(18)8-16-7-6-11(17)15-13(16)19/h2-7H,8H2,1H3,(H,14,18)(H,15,17,19).